The van der Waals surface area contributed by atoms with Gasteiger partial charge in [-0.25, -0.2) is 0 Å². The van der Waals surface area contributed by atoms with Crippen molar-refractivity contribution in [2.24, 2.45) is 0 Å². The van der Waals surface area contributed by atoms with Gasteiger partial charge in [0.05, 0.1) is 18.8 Å². The summed E-state index contributed by atoms with van der Waals surface area (Å²) in [6.45, 7) is 8.84. The van der Waals surface area contributed by atoms with E-state index in [0.29, 0.717) is 26.2 Å². The molecule has 0 aliphatic carbocycles. The summed E-state index contributed by atoms with van der Waals surface area (Å²) in [4.78, 5) is 14.4. The Morgan fingerprint density at radius 1 is 1.10 bits per heavy atom. The van der Waals surface area contributed by atoms with Crippen LogP contribution in [0.2, 0.25) is 0 Å². The topological polar surface area (TPSA) is 59.4 Å². The maximum absolute atomic E-state index is 12.4. The van der Waals surface area contributed by atoms with Gasteiger partial charge in [0.25, 0.3) is 0 Å². The summed E-state index contributed by atoms with van der Waals surface area (Å²) < 4.78 is 7.77. The van der Waals surface area contributed by atoms with Crippen LogP contribution in [0.3, 0.4) is 0 Å². The van der Waals surface area contributed by atoms with Crippen molar-refractivity contribution in [3.8, 4) is 5.75 Å². The van der Waals surface area contributed by atoms with Gasteiger partial charge in [0, 0.05) is 24.3 Å². The van der Waals surface area contributed by atoms with Gasteiger partial charge >= 0.3 is 0 Å². The molecule has 1 aromatic heterocycles. The Labute approximate surface area is 184 Å². The number of nitrogens with one attached hydrogen (secondary N) is 1. The summed E-state index contributed by atoms with van der Waals surface area (Å²) in [7, 11) is 1.92. The molecule has 6 heteroatoms. The monoisotopic (exact) mass is 420 g/mol. The zero-order chi connectivity index (χ0) is 22.2. The first-order chi connectivity index (χ1) is 14.9. The SMILES string of the molecule is Cc1cccc(OCCN(C)CC(=O)NCc2c(C)nn(Cc3ccccc3)c2C)c1. The van der Waals surface area contributed by atoms with Crippen LogP contribution in [0.15, 0.2) is 54.6 Å². The Bertz CT molecular complexity index is 998. The number of nitrogens with zero attached hydrogens (tertiary/aromatic N) is 3. The number of hydrogen-bond donors (Lipinski definition) is 1. The van der Waals surface area contributed by atoms with Crippen LogP contribution in [0.25, 0.3) is 0 Å². The molecule has 1 heterocycles. The lowest BCUT2D eigenvalue weighted by Gasteiger charge is -2.17. The lowest BCUT2D eigenvalue weighted by Crippen LogP contribution is -2.36. The summed E-state index contributed by atoms with van der Waals surface area (Å²) in [5.74, 6) is 0.851. The van der Waals surface area contributed by atoms with E-state index in [9.17, 15) is 4.79 Å². The number of amides is 1. The Morgan fingerprint density at radius 2 is 1.87 bits per heavy atom. The Morgan fingerprint density at radius 3 is 2.61 bits per heavy atom. The molecule has 1 N–H and O–H groups in total. The van der Waals surface area contributed by atoms with Crippen LogP contribution < -0.4 is 10.1 Å². The molecule has 0 unspecified atom stereocenters. The molecule has 0 radical (unpaired) electrons. The first kappa shape index (κ1) is 22.6. The highest BCUT2D eigenvalue weighted by molar-refractivity contribution is 5.78. The van der Waals surface area contributed by atoms with E-state index < -0.39 is 0 Å². The molecule has 3 rings (SSSR count). The summed E-state index contributed by atoms with van der Waals surface area (Å²) in [6.07, 6.45) is 0. The number of aromatic nitrogens is 2. The van der Waals surface area contributed by atoms with Crippen molar-refractivity contribution in [3.05, 3.63) is 82.7 Å². The van der Waals surface area contributed by atoms with Crippen LogP contribution in [0.4, 0.5) is 0 Å². The minimum Gasteiger partial charge on any atom is -0.492 e. The number of carbonyl (C=O) groups is 1. The third-order valence-corrected chi connectivity index (χ3v) is 5.31. The second-order valence-corrected chi connectivity index (χ2v) is 7.97. The zero-order valence-corrected chi connectivity index (χ0v) is 18.9. The molecular weight excluding hydrogens is 388 g/mol. The van der Waals surface area contributed by atoms with Gasteiger partial charge in [-0.3, -0.25) is 14.4 Å². The molecule has 0 saturated carbocycles. The predicted octanol–water partition coefficient (Wildman–Crippen LogP) is 3.48. The van der Waals surface area contributed by atoms with E-state index in [2.05, 4.69) is 29.5 Å². The second kappa shape index (κ2) is 10.8. The van der Waals surface area contributed by atoms with Crippen molar-refractivity contribution in [2.75, 3.05) is 26.7 Å². The first-order valence-corrected chi connectivity index (χ1v) is 10.6. The van der Waals surface area contributed by atoms with Crippen molar-refractivity contribution in [1.82, 2.24) is 20.0 Å². The highest BCUT2D eigenvalue weighted by atomic mass is 16.5. The molecule has 0 aliphatic rings. The van der Waals surface area contributed by atoms with E-state index in [-0.39, 0.29) is 5.91 Å². The third-order valence-electron chi connectivity index (χ3n) is 5.31. The van der Waals surface area contributed by atoms with Gasteiger partial charge in [-0.05, 0) is 51.1 Å². The number of rotatable bonds is 10. The number of hydrogen-bond acceptors (Lipinski definition) is 4. The van der Waals surface area contributed by atoms with Crippen LogP contribution in [0.5, 0.6) is 5.75 Å². The van der Waals surface area contributed by atoms with Crippen molar-refractivity contribution in [2.45, 2.75) is 33.9 Å². The van der Waals surface area contributed by atoms with Gasteiger partial charge in [0.2, 0.25) is 5.91 Å². The second-order valence-electron chi connectivity index (χ2n) is 7.97. The van der Waals surface area contributed by atoms with Gasteiger partial charge in [-0.2, -0.15) is 5.10 Å². The van der Waals surface area contributed by atoms with Gasteiger partial charge < -0.3 is 10.1 Å². The Hall–Kier alpha value is -3.12. The number of likely N-dealkylation sites (N-methyl/N-ethyl adjacent to an activating group) is 1. The molecule has 31 heavy (non-hydrogen) atoms. The van der Waals surface area contributed by atoms with Crippen LogP contribution >= 0.6 is 0 Å². The molecule has 0 aliphatic heterocycles. The molecule has 1 amide bonds. The van der Waals surface area contributed by atoms with Crippen molar-refractivity contribution in [3.63, 3.8) is 0 Å². The highest BCUT2D eigenvalue weighted by Gasteiger charge is 2.13. The van der Waals surface area contributed by atoms with Crippen LogP contribution in [-0.2, 0) is 17.9 Å². The number of benzene rings is 2. The van der Waals surface area contributed by atoms with Crippen molar-refractivity contribution in [1.29, 1.82) is 0 Å². The average molecular weight is 421 g/mol. The Kier molecular flexibility index (Phi) is 7.84. The van der Waals surface area contributed by atoms with E-state index in [1.165, 1.54) is 11.1 Å². The van der Waals surface area contributed by atoms with Crippen LogP contribution in [0, 0.1) is 20.8 Å². The van der Waals surface area contributed by atoms with Crippen molar-refractivity contribution >= 4 is 5.91 Å². The van der Waals surface area contributed by atoms with Gasteiger partial charge in [0.15, 0.2) is 0 Å². The molecular formula is C25H32N4O2. The molecule has 3 aromatic rings. The van der Waals surface area contributed by atoms with Crippen LogP contribution in [0.1, 0.15) is 28.1 Å². The fraction of sp³-hybridized carbons (Fsp3) is 0.360. The summed E-state index contributed by atoms with van der Waals surface area (Å²) in [6, 6.07) is 18.2. The highest BCUT2D eigenvalue weighted by Crippen LogP contribution is 2.15. The summed E-state index contributed by atoms with van der Waals surface area (Å²) >= 11 is 0. The maximum Gasteiger partial charge on any atom is 0.234 e. The summed E-state index contributed by atoms with van der Waals surface area (Å²) in [5.41, 5.74) is 5.49. The molecule has 0 saturated heterocycles. The molecule has 0 bridgehead atoms. The molecule has 0 fully saturated rings. The smallest absolute Gasteiger partial charge is 0.234 e. The molecule has 6 nitrogen and oxygen atoms in total. The minimum absolute atomic E-state index is 0.00679. The van der Waals surface area contributed by atoms with E-state index >= 15 is 0 Å². The van der Waals surface area contributed by atoms with Crippen molar-refractivity contribution < 1.29 is 9.53 Å². The van der Waals surface area contributed by atoms with E-state index in [1.807, 2.05) is 72.9 Å². The molecule has 2 aromatic carbocycles. The van der Waals surface area contributed by atoms with Crippen LogP contribution in [-0.4, -0.2) is 47.3 Å². The fourth-order valence-electron chi connectivity index (χ4n) is 3.49. The lowest BCUT2D eigenvalue weighted by molar-refractivity contribution is -0.122. The zero-order valence-electron chi connectivity index (χ0n) is 18.9. The quantitative estimate of drug-likeness (QED) is 0.546. The van der Waals surface area contributed by atoms with E-state index in [1.54, 1.807) is 0 Å². The van der Waals surface area contributed by atoms with Gasteiger partial charge in [0.1, 0.15) is 12.4 Å². The fourth-order valence-corrected chi connectivity index (χ4v) is 3.49. The third kappa shape index (κ3) is 6.69. The number of aryl methyl sites for hydroxylation is 2. The first-order valence-electron chi connectivity index (χ1n) is 10.6. The summed E-state index contributed by atoms with van der Waals surface area (Å²) in [5, 5.41) is 7.69. The minimum atomic E-state index is -0.00679. The molecule has 0 spiro atoms. The predicted molar refractivity (Wildman–Crippen MR) is 123 cm³/mol. The van der Waals surface area contributed by atoms with Gasteiger partial charge in [-0.15, -0.1) is 0 Å². The Balaban J connectivity index is 1.44. The molecule has 0 atom stereocenters. The normalized spacial score (nSPS) is 11.0. The van der Waals surface area contributed by atoms with Gasteiger partial charge in [-0.1, -0.05) is 42.5 Å². The number of carbonyl (C=O) groups excluding carboxylic acids is 1. The standard InChI is InChI=1S/C25H32N4O2/c1-19-9-8-12-23(15-19)31-14-13-28(4)18-25(30)26-16-24-20(2)27-29(21(24)3)17-22-10-6-5-7-11-22/h5-12,15H,13-14,16-18H2,1-4H3,(H,26,30). The number of ether oxygens (including phenoxy) is 1. The van der Waals surface area contributed by atoms with E-state index in [4.69, 9.17) is 4.74 Å². The largest absolute Gasteiger partial charge is 0.492 e. The lowest BCUT2D eigenvalue weighted by atomic mass is 10.2. The van der Waals surface area contributed by atoms with E-state index in [0.717, 1.165) is 29.2 Å². The molecule has 164 valence electrons. The average Bonchev–Trinajstić information content (AvgIpc) is 3.00. The maximum atomic E-state index is 12.4.